The van der Waals surface area contributed by atoms with Crippen LogP contribution in [0.2, 0.25) is 0 Å². The minimum Gasteiger partial charge on any atom is -0.355 e. The van der Waals surface area contributed by atoms with Gasteiger partial charge in [0.15, 0.2) is 0 Å². The molecule has 0 aromatic carbocycles. The molecule has 2 aliphatic heterocycles. The van der Waals surface area contributed by atoms with Crippen molar-refractivity contribution < 1.29 is 4.79 Å². The normalized spacial score (nSPS) is 34.9. The van der Waals surface area contributed by atoms with Gasteiger partial charge < -0.3 is 10.6 Å². The third kappa shape index (κ3) is 2.88. The van der Waals surface area contributed by atoms with Gasteiger partial charge in [0.1, 0.15) is 0 Å². The Hall–Kier alpha value is -0.570. The van der Waals surface area contributed by atoms with Gasteiger partial charge in [0, 0.05) is 18.6 Å². The second kappa shape index (κ2) is 5.67. The molecule has 1 saturated carbocycles. The Labute approximate surface area is 123 Å². The highest BCUT2D eigenvalue weighted by Gasteiger charge is 2.43. The number of hydrogen-bond acceptors (Lipinski definition) is 2. The van der Waals surface area contributed by atoms with E-state index in [4.69, 9.17) is 0 Å². The van der Waals surface area contributed by atoms with Crippen molar-refractivity contribution in [1.82, 2.24) is 10.6 Å². The second-order valence-electron chi connectivity index (χ2n) is 7.91. The lowest BCUT2D eigenvalue weighted by Gasteiger charge is -2.32. The van der Waals surface area contributed by atoms with Gasteiger partial charge in [0.05, 0.1) is 5.92 Å². The highest BCUT2D eigenvalue weighted by molar-refractivity contribution is 5.80. The van der Waals surface area contributed by atoms with Crippen molar-refractivity contribution in [2.24, 2.45) is 17.3 Å². The molecule has 3 aliphatic rings. The summed E-state index contributed by atoms with van der Waals surface area (Å²) in [7, 11) is 0. The van der Waals surface area contributed by atoms with Gasteiger partial charge in [0.2, 0.25) is 5.91 Å². The predicted octanol–water partition coefficient (Wildman–Crippen LogP) is 2.85. The number of carbonyl (C=O) groups excluding carboxylic acids is 1. The molecular formula is C17H30N2O. The Morgan fingerprint density at radius 3 is 2.60 bits per heavy atom. The molecular weight excluding hydrogens is 248 g/mol. The van der Waals surface area contributed by atoms with E-state index in [9.17, 15) is 4.79 Å². The van der Waals surface area contributed by atoms with Gasteiger partial charge in [-0.3, -0.25) is 4.79 Å². The van der Waals surface area contributed by atoms with Gasteiger partial charge in [-0.05, 0) is 49.9 Å². The Bertz CT molecular complexity index is 360. The highest BCUT2D eigenvalue weighted by atomic mass is 16.1. The maximum Gasteiger partial charge on any atom is 0.224 e. The maximum atomic E-state index is 12.5. The van der Waals surface area contributed by atoms with Crippen LogP contribution in [0.3, 0.4) is 0 Å². The van der Waals surface area contributed by atoms with Gasteiger partial charge in [-0.1, -0.05) is 26.7 Å². The molecule has 0 spiro atoms. The molecule has 2 N–H and O–H groups in total. The summed E-state index contributed by atoms with van der Waals surface area (Å²) in [5, 5.41) is 6.89. The largest absolute Gasteiger partial charge is 0.355 e. The first-order valence-electron chi connectivity index (χ1n) is 8.62. The minimum absolute atomic E-state index is 0.242. The molecule has 0 aromatic heterocycles. The zero-order chi connectivity index (χ0) is 14.2. The summed E-state index contributed by atoms with van der Waals surface area (Å²) in [4.78, 5) is 12.5. The topological polar surface area (TPSA) is 41.1 Å². The molecule has 0 aromatic rings. The van der Waals surface area contributed by atoms with E-state index in [1.54, 1.807) is 0 Å². The lowest BCUT2D eigenvalue weighted by Crippen LogP contribution is -2.42. The average Bonchev–Trinajstić information content (AvgIpc) is 3.11. The smallest absolute Gasteiger partial charge is 0.224 e. The molecule has 3 nitrogen and oxygen atoms in total. The molecule has 1 amide bonds. The fourth-order valence-electron chi connectivity index (χ4n) is 4.96. The van der Waals surface area contributed by atoms with Gasteiger partial charge >= 0.3 is 0 Å². The van der Waals surface area contributed by atoms with E-state index < -0.39 is 0 Å². The number of fused-ring (bicyclic) bond motifs is 2. The van der Waals surface area contributed by atoms with Crippen LogP contribution < -0.4 is 10.6 Å². The van der Waals surface area contributed by atoms with E-state index in [-0.39, 0.29) is 5.92 Å². The van der Waals surface area contributed by atoms with Crippen LogP contribution in [0.15, 0.2) is 0 Å². The monoisotopic (exact) mass is 278 g/mol. The number of amides is 1. The van der Waals surface area contributed by atoms with Crippen LogP contribution in [0, 0.1) is 17.3 Å². The molecule has 2 heterocycles. The zero-order valence-corrected chi connectivity index (χ0v) is 13.1. The Morgan fingerprint density at radius 1 is 1.30 bits per heavy atom. The Morgan fingerprint density at radius 2 is 2.05 bits per heavy atom. The summed E-state index contributed by atoms with van der Waals surface area (Å²) in [6.45, 7) is 5.53. The number of hydrogen-bond donors (Lipinski definition) is 2. The van der Waals surface area contributed by atoms with Crippen molar-refractivity contribution in [2.45, 2.75) is 77.3 Å². The maximum absolute atomic E-state index is 12.5. The minimum atomic E-state index is 0.242. The van der Waals surface area contributed by atoms with Gasteiger partial charge in [0.25, 0.3) is 0 Å². The van der Waals surface area contributed by atoms with Crippen molar-refractivity contribution >= 4 is 5.91 Å². The van der Waals surface area contributed by atoms with E-state index >= 15 is 0 Å². The standard InChI is InChI=1S/C17H30N2O/c1-12(2)10-17(7-3-4-8-17)11-18-16(20)14-9-13-5-6-15(14)19-13/h12-15,19H,3-11H2,1-2H3,(H,18,20). The summed E-state index contributed by atoms with van der Waals surface area (Å²) in [5.41, 5.74) is 0.398. The highest BCUT2D eigenvalue weighted by Crippen LogP contribution is 2.43. The van der Waals surface area contributed by atoms with Crippen LogP contribution in [0.25, 0.3) is 0 Å². The van der Waals surface area contributed by atoms with Crippen molar-refractivity contribution in [3.8, 4) is 0 Å². The van der Waals surface area contributed by atoms with E-state index in [1.165, 1.54) is 44.9 Å². The second-order valence-corrected chi connectivity index (χ2v) is 7.91. The molecule has 2 saturated heterocycles. The van der Waals surface area contributed by atoms with Crippen LogP contribution in [0.5, 0.6) is 0 Å². The van der Waals surface area contributed by atoms with Crippen molar-refractivity contribution in [3.05, 3.63) is 0 Å². The van der Waals surface area contributed by atoms with Crippen LogP contribution in [-0.4, -0.2) is 24.5 Å². The Kier molecular flexibility index (Phi) is 4.07. The van der Waals surface area contributed by atoms with Crippen molar-refractivity contribution in [1.29, 1.82) is 0 Å². The van der Waals surface area contributed by atoms with Crippen LogP contribution in [-0.2, 0) is 4.79 Å². The molecule has 114 valence electrons. The van der Waals surface area contributed by atoms with E-state index in [0.717, 1.165) is 18.9 Å². The summed E-state index contributed by atoms with van der Waals surface area (Å²) in [5.74, 6) is 1.29. The summed E-state index contributed by atoms with van der Waals surface area (Å²) in [6.07, 6.45) is 10.1. The van der Waals surface area contributed by atoms with E-state index in [2.05, 4.69) is 24.5 Å². The fourth-order valence-corrected chi connectivity index (χ4v) is 4.96. The van der Waals surface area contributed by atoms with Crippen molar-refractivity contribution in [2.75, 3.05) is 6.54 Å². The van der Waals surface area contributed by atoms with Gasteiger partial charge in [-0.25, -0.2) is 0 Å². The average molecular weight is 278 g/mol. The zero-order valence-electron chi connectivity index (χ0n) is 13.1. The van der Waals surface area contributed by atoms with E-state index in [0.29, 0.717) is 23.4 Å². The fraction of sp³-hybridized carbons (Fsp3) is 0.941. The van der Waals surface area contributed by atoms with Gasteiger partial charge in [-0.2, -0.15) is 0 Å². The molecule has 20 heavy (non-hydrogen) atoms. The first kappa shape index (κ1) is 14.4. The Balaban J connectivity index is 1.53. The molecule has 2 bridgehead atoms. The van der Waals surface area contributed by atoms with Crippen LogP contribution in [0.1, 0.15) is 65.2 Å². The summed E-state index contributed by atoms with van der Waals surface area (Å²) in [6, 6.07) is 1.08. The number of rotatable bonds is 5. The third-order valence-corrected chi connectivity index (χ3v) is 5.78. The van der Waals surface area contributed by atoms with Crippen molar-refractivity contribution in [3.63, 3.8) is 0 Å². The van der Waals surface area contributed by atoms with E-state index in [1.807, 2.05) is 0 Å². The lowest BCUT2D eigenvalue weighted by atomic mass is 9.78. The lowest BCUT2D eigenvalue weighted by molar-refractivity contribution is -0.126. The third-order valence-electron chi connectivity index (χ3n) is 5.78. The summed E-state index contributed by atoms with van der Waals surface area (Å²) < 4.78 is 0. The first-order chi connectivity index (χ1) is 9.58. The number of nitrogens with one attached hydrogen (secondary N) is 2. The number of carbonyl (C=O) groups is 1. The predicted molar refractivity (Wildman–Crippen MR) is 81.4 cm³/mol. The SMILES string of the molecule is CC(C)CC1(CNC(=O)C2CC3CCC2N3)CCCC1. The molecule has 3 unspecified atom stereocenters. The van der Waals surface area contributed by atoms with Crippen LogP contribution >= 0.6 is 0 Å². The molecule has 1 aliphatic carbocycles. The molecule has 3 rings (SSSR count). The van der Waals surface area contributed by atoms with Gasteiger partial charge in [-0.15, -0.1) is 0 Å². The first-order valence-corrected chi connectivity index (χ1v) is 8.62. The molecule has 3 fully saturated rings. The quantitative estimate of drug-likeness (QED) is 0.812. The molecule has 0 radical (unpaired) electrons. The summed E-state index contributed by atoms with van der Waals surface area (Å²) >= 11 is 0. The van der Waals surface area contributed by atoms with Crippen LogP contribution in [0.4, 0.5) is 0 Å². The molecule has 3 heteroatoms. The molecule has 3 atom stereocenters.